The van der Waals surface area contributed by atoms with E-state index in [2.05, 4.69) is 15.0 Å². The molecule has 0 aliphatic carbocycles. The predicted octanol–water partition coefficient (Wildman–Crippen LogP) is 2.43. The van der Waals surface area contributed by atoms with E-state index in [1.807, 2.05) is 0 Å². The highest BCUT2D eigenvalue weighted by Gasteiger charge is 2.16. The number of nitrogens with one attached hydrogen (secondary N) is 1. The van der Waals surface area contributed by atoms with Crippen LogP contribution >= 0.6 is 11.3 Å². The van der Waals surface area contributed by atoms with Crippen molar-refractivity contribution in [3.05, 3.63) is 40.4 Å². The molecule has 116 valence electrons. The first-order valence-corrected chi connectivity index (χ1v) is 7.34. The van der Waals surface area contributed by atoms with Crippen molar-refractivity contribution < 1.29 is 19.1 Å². The molecule has 0 atom stereocenters. The summed E-state index contributed by atoms with van der Waals surface area (Å²) in [7, 11) is 2.84. The Morgan fingerprint density at radius 3 is 2.68 bits per heavy atom. The lowest BCUT2D eigenvalue weighted by Crippen LogP contribution is -2.12. The van der Waals surface area contributed by atoms with Gasteiger partial charge in [-0.2, -0.15) is 0 Å². The van der Waals surface area contributed by atoms with E-state index in [-0.39, 0.29) is 18.3 Å². The summed E-state index contributed by atoms with van der Waals surface area (Å²) in [6, 6.07) is 6.93. The van der Waals surface area contributed by atoms with Crippen LogP contribution in [0, 0.1) is 6.92 Å². The molecule has 1 amide bonds. The number of amides is 1. The van der Waals surface area contributed by atoms with Gasteiger partial charge in [0.2, 0.25) is 0 Å². The van der Waals surface area contributed by atoms with Crippen molar-refractivity contribution in [1.29, 1.82) is 0 Å². The van der Waals surface area contributed by atoms with Crippen molar-refractivity contribution in [2.75, 3.05) is 19.5 Å². The normalized spacial score (nSPS) is 10.1. The summed E-state index contributed by atoms with van der Waals surface area (Å²) in [5, 5.41) is 3.16. The molecule has 1 N–H and O–H groups in total. The van der Waals surface area contributed by atoms with Gasteiger partial charge in [0.1, 0.15) is 5.75 Å². The summed E-state index contributed by atoms with van der Waals surface area (Å²) < 4.78 is 9.80. The first-order valence-electron chi connectivity index (χ1n) is 6.52. The maximum Gasteiger partial charge on any atom is 0.310 e. The van der Waals surface area contributed by atoms with Crippen LogP contribution in [0.25, 0.3) is 0 Å². The van der Waals surface area contributed by atoms with Gasteiger partial charge >= 0.3 is 5.97 Å². The van der Waals surface area contributed by atoms with Gasteiger partial charge in [-0.3, -0.25) is 14.9 Å². The number of carbonyl (C=O) groups is 2. The highest BCUT2D eigenvalue weighted by molar-refractivity contribution is 7.16. The van der Waals surface area contributed by atoms with E-state index in [4.69, 9.17) is 4.74 Å². The third kappa shape index (κ3) is 3.62. The summed E-state index contributed by atoms with van der Waals surface area (Å²) in [5.74, 6) is -0.159. The van der Waals surface area contributed by atoms with Crippen molar-refractivity contribution in [3.8, 4) is 5.75 Å². The zero-order chi connectivity index (χ0) is 16.1. The Bertz CT molecular complexity index is 697. The quantitative estimate of drug-likeness (QED) is 0.856. The number of aromatic nitrogens is 1. The van der Waals surface area contributed by atoms with Crippen LogP contribution in [-0.4, -0.2) is 31.1 Å². The highest BCUT2D eigenvalue weighted by atomic mass is 32.1. The summed E-state index contributed by atoms with van der Waals surface area (Å²) in [4.78, 5) is 28.6. The van der Waals surface area contributed by atoms with Crippen LogP contribution < -0.4 is 10.1 Å². The summed E-state index contributed by atoms with van der Waals surface area (Å²) >= 11 is 1.25. The number of para-hydroxylation sites is 1. The molecule has 0 aliphatic rings. The highest BCUT2D eigenvalue weighted by Crippen LogP contribution is 2.25. The Kier molecular flexibility index (Phi) is 5.11. The number of anilines is 1. The number of hydrogen-bond donors (Lipinski definition) is 1. The van der Waals surface area contributed by atoms with E-state index in [1.165, 1.54) is 25.6 Å². The topological polar surface area (TPSA) is 77.5 Å². The van der Waals surface area contributed by atoms with Crippen LogP contribution in [0.15, 0.2) is 24.3 Å². The van der Waals surface area contributed by atoms with Gasteiger partial charge in [-0.05, 0) is 19.1 Å². The van der Waals surface area contributed by atoms with E-state index in [9.17, 15) is 9.59 Å². The number of benzene rings is 1. The lowest BCUT2D eigenvalue weighted by atomic mass is 10.2. The molecule has 22 heavy (non-hydrogen) atoms. The Morgan fingerprint density at radius 1 is 1.27 bits per heavy atom. The van der Waals surface area contributed by atoms with Crippen LogP contribution in [0.4, 0.5) is 5.13 Å². The van der Waals surface area contributed by atoms with Crippen LogP contribution in [0.3, 0.4) is 0 Å². The van der Waals surface area contributed by atoms with E-state index in [0.717, 1.165) is 4.88 Å². The van der Waals surface area contributed by atoms with Gasteiger partial charge in [-0.1, -0.05) is 12.1 Å². The Hall–Kier alpha value is -2.41. The minimum atomic E-state index is -0.339. The SMILES string of the molecule is COC(=O)Cc1sc(NC(=O)c2ccccc2OC)nc1C. The predicted molar refractivity (Wildman–Crippen MR) is 83.5 cm³/mol. The van der Waals surface area contributed by atoms with Crippen molar-refractivity contribution >= 4 is 28.3 Å². The second kappa shape index (κ2) is 7.04. The molecular weight excluding hydrogens is 304 g/mol. The first-order chi connectivity index (χ1) is 10.5. The van der Waals surface area contributed by atoms with Crippen molar-refractivity contribution in [1.82, 2.24) is 4.98 Å². The fourth-order valence-electron chi connectivity index (χ4n) is 1.85. The number of thiazole rings is 1. The maximum absolute atomic E-state index is 12.3. The van der Waals surface area contributed by atoms with Gasteiger partial charge in [0, 0.05) is 4.88 Å². The Morgan fingerprint density at radius 2 is 2.00 bits per heavy atom. The molecular formula is C15H16N2O4S. The van der Waals surface area contributed by atoms with Gasteiger partial charge in [0.25, 0.3) is 5.91 Å². The van der Waals surface area contributed by atoms with Crippen LogP contribution in [-0.2, 0) is 16.0 Å². The molecule has 0 spiro atoms. The number of esters is 1. The number of carbonyl (C=O) groups excluding carboxylic acids is 2. The molecule has 0 aliphatic heterocycles. The van der Waals surface area contributed by atoms with Gasteiger partial charge in [-0.15, -0.1) is 11.3 Å². The molecule has 0 fully saturated rings. The zero-order valence-corrected chi connectivity index (χ0v) is 13.3. The smallest absolute Gasteiger partial charge is 0.310 e. The fraction of sp³-hybridized carbons (Fsp3) is 0.267. The second-order valence-electron chi connectivity index (χ2n) is 4.43. The number of methoxy groups -OCH3 is 2. The molecule has 1 heterocycles. The molecule has 6 nitrogen and oxygen atoms in total. The van der Waals surface area contributed by atoms with E-state index in [0.29, 0.717) is 22.1 Å². The van der Waals surface area contributed by atoms with Gasteiger partial charge in [-0.25, -0.2) is 4.98 Å². The summed E-state index contributed by atoms with van der Waals surface area (Å²) in [6.45, 7) is 1.79. The van der Waals surface area contributed by atoms with Crippen LogP contribution in [0.5, 0.6) is 5.75 Å². The van der Waals surface area contributed by atoms with Gasteiger partial charge < -0.3 is 9.47 Å². The molecule has 1 aromatic heterocycles. The molecule has 0 radical (unpaired) electrons. The van der Waals surface area contributed by atoms with Crippen molar-refractivity contribution in [2.24, 2.45) is 0 Å². The van der Waals surface area contributed by atoms with Crippen LogP contribution in [0.2, 0.25) is 0 Å². The number of ether oxygens (including phenoxy) is 2. The van der Waals surface area contributed by atoms with Crippen molar-refractivity contribution in [3.63, 3.8) is 0 Å². The lowest BCUT2D eigenvalue weighted by Gasteiger charge is -2.06. The monoisotopic (exact) mass is 320 g/mol. The summed E-state index contributed by atoms with van der Waals surface area (Å²) in [5.41, 5.74) is 1.12. The Balaban J connectivity index is 2.15. The maximum atomic E-state index is 12.3. The standard InChI is InChI=1S/C15H16N2O4S/c1-9-12(8-13(18)21-3)22-15(16-9)17-14(19)10-6-4-5-7-11(10)20-2/h4-7H,8H2,1-3H3,(H,16,17,19). The molecule has 7 heteroatoms. The number of nitrogens with zero attached hydrogens (tertiary/aromatic N) is 1. The number of hydrogen-bond acceptors (Lipinski definition) is 6. The Labute approximate surface area is 132 Å². The molecule has 1 aromatic carbocycles. The zero-order valence-electron chi connectivity index (χ0n) is 12.5. The first kappa shape index (κ1) is 16.0. The fourth-order valence-corrected chi connectivity index (χ4v) is 2.79. The van der Waals surface area contributed by atoms with Gasteiger partial charge in [0.05, 0.1) is 31.9 Å². The molecule has 0 saturated carbocycles. The number of rotatable bonds is 5. The van der Waals surface area contributed by atoms with Crippen molar-refractivity contribution in [2.45, 2.75) is 13.3 Å². The molecule has 0 unspecified atom stereocenters. The average molecular weight is 320 g/mol. The van der Waals surface area contributed by atoms with Crippen LogP contribution in [0.1, 0.15) is 20.9 Å². The summed E-state index contributed by atoms with van der Waals surface area (Å²) in [6.07, 6.45) is 0.143. The molecule has 2 aromatic rings. The lowest BCUT2D eigenvalue weighted by molar-refractivity contribution is -0.139. The minimum Gasteiger partial charge on any atom is -0.496 e. The van der Waals surface area contributed by atoms with E-state index >= 15 is 0 Å². The third-order valence-corrected chi connectivity index (χ3v) is 4.07. The second-order valence-corrected chi connectivity index (χ2v) is 5.52. The minimum absolute atomic E-state index is 0.143. The third-order valence-electron chi connectivity index (χ3n) is 3.00. The number of aryl methyl sites for hydroxylation is 1. The molecule has 0 bridgehead atoms. The van der Waals surface area contributed by atoms with E-state index < -0.39 is 0 Å². The largest absolute Gasteiger partial charge is 0.496 e. The van der Waals surface area contributed by atoms with E-state index in [1.54, 1.807) is 31.2 Å². The molecule has 2 rings (SSSR count). The average Bonchev–Trinajstić information content (AvgIpc) is 2.86. The van der Waals surface area contributed by atoms with Gasteiger partial charge in [0.15, 0.2) is 5.13 Å². The molecule has 0 saturated heterocycles.